The predicted molar refractivity (Wildman–Crippen MR) is 105 cm³/mol. The van der Waals surface area contributed by atoms with E-state index in [9.17, 15) is 13.2 Å². The minimum absolute atomic E-state index is 0.218. The number of nitrogens with one attached hydrogen (secondary N) is 2. The Kier molecular flexibility index (Phi) is 4.77. The Morgan fingerprint density at radius 1 is 0.885 bits per heavy atom. The molecule has 0 saturated carbocycles. The van der Waals surface area contributed by atoms with Crippen molar-refractivity contribution in [2.45, 2.75) is 11.8 Å². The second kappa shape index (κ2) is 7.01. The molecule has 0 aromatic heterocycles. The van der Waals surface area contributed by atoms with Gasteiger partial charge in [-0.2, -0.15) is 0 Å². The van der Waals surface area contributed by atoms with Crippen molar-refractivity contribution in [3.05, 3.63) is 78.9 Å². The standard InChI is InChI=1S/C20H18N2O3S/c1-14(2)20(23)21-16-10-12-17(13-11-16)22-26(24,25)19-9-5-7-15-6-3-4-8-18(15)19/h3-13,22H,1H2,2H3,(H,21,23). The van der Waals surface area contributed by atoms with Crippen LogP contribution in [0.5, 0.6) is 0 Å². The summed E-state index contributed by atoms with van der Waals surface area (Å²) in [6, 6.07) is 18.9. The number of sulfonamides is 1. The third-order valence-electron chi connectivity index (χ3n) is 3.82. The first-order chi connectivity index (χ1) is 12.4. The van der Waals surface area contributed by atoms with Gasteiger partial charge < -0.3 is 5.32 Å². The highest BCUT2D eigenvalue weighted by Crippen LogP contribution is 2.25. The Hall–Kier alpha value is -3.12. The third-order valence-corrected chi connectivity index (χ3v) is 5.26. The Morgan fingerprint density at radius 2 is 1.50 bits per heavy atom. The molecule has 0 radical (unpaired) electrons. The summed E-state index contributed by atoms with van der Waals surface area (Å²) in [5.74, 6) is -0.283. The molecule has 1 amide bonds. The molecule has 0 atom stereocenters. The smallest absolute Gasteiger partial charge is 0.262 e. The number of hydrogen-bond donors (Lipinski definition) is 2. The van der Waals surface area contributed by atoms with E-state index in [1.54, 1.807) is 55.5 Å². The topological polar surface area (TPSA) is 75.3 Å². The normalized spacial score (nSPS) is 11.1. The first kappa shape index (κ1) is 17.7. The molecular weight excluding hydrogens is 348 g/mol. The Balaban J connectivity index is 1.85. The van der Waals surface area contributed by atoms with Gasteiger partial charge in [0.25, 0.3) is 15.9 Å². The lowest BCUT2D eigenvalue weighted by Crippen LogP contribution is -2.14. The van der Waals surface area contributed by atoms with E-state index in [2.05, 4.69) is 16.6 Å². The lowest BCUT2D eigenvalue weighted by molar-refractivity contribution is -0.112. The third kappa shape index (κ3) is 3.75. The summed E-state index contributed by atoms with van der Waals surface area (Å²) in [6.45, 7) is 5.19. The van der Waals surface area contributed by atoms with Crippen LogP contribution < -0.4 is 10.0 Å². The SMILES string of the molecule is C=C(C)C(=O)Nc1ccc(NS(=O)(=O)c2cccc3ccccc23)cc1. The molecule has 0 aliphatic carbocycles. The minimum Gasteiger partial charge on any atom is -0.322 e. The van der Waals surface area contributed by atoms with Crippen LogP contribution in [-0.4, -0.2) is 14.3 Å². The lowest BCUT2D eigenvalue weighted by atomic mass is 10.1. The molecule has 3 aromatic rings. The maximum Gasteiger partial charge on any atom is 0.262 e. The molecule has 132 valence electrons. The Bertz CT molecular complexity index is 1080. The van der Waals surface area contributed by atoms with Crippen LogP contribution in [0.4, 0.5) is 11.4 Å². The number of carbonyl (C=O) groups excluding carboxylic acids is 1. The number of hydrogen-bond acceptors (Lipinski definition) is 3. The largest absolute Gasteiger partial charge is 0.322 e. The molecule has 0 saturated heterocycles. The van der Waals surface area contributed by atoms with Gasteiger partial charge in [-0.1, -0.05) is 43.0 Å². The van der Waals surface area contributed by atoms with Crippen LogP contribution in [0.25, 0.3) is 10.8 Å². The molecule has 0 fully saturated rings. The number of rotatable bonds is 5. The van der Waals surface area contributed by atoms with Crippen LogP contribution in [0.3, 0.4) is 0 Å². The van der Waals surface area contributed by atoms with Crippen LogP contribution in [0, 0.1) is 0 Å². The van der Waals surface area contributed by atoms with Gasteiger partial charge in [0.15, 0.2) is 0 Å². The fourth-order valence-electron chi connectivity index (χ4n) is 2.50. The summed E-state index contributed by atoms with van der Waals surface area (Å²) < 4.78 is 28.1. The van der Waals surface area contributed by atoms with Crippen LogP contribution >= 0.6 is 0 Å². The molecule has 0 unspecified atom stereocenters. The highest BCUT2D eigenvalue weighted by Gasteiger charge is 2.17. The maximum absolute atomic E-state index is 12.8. The maximum atomic E-state index is 12.8. The molecule has 0 spiro atoms. The molecule has 5 nitrogen and oxygen atoms in total. The first-order valence-corrected chi connectivity index (χ1v) is 9.43. The van der Waals surface area contributed by atoms with Crippen LogP contribution in [0.1, 0.15) is 6.92 Å². The van der Waals surface area contributed by atoms with E-state index in [0.29, 0.717) is 22.3 Å². The summed E-state index contributed by atoms with van der Waals surface area (Å²) in [4.78, 5) is 11.8. The number of benzene rings is 3. The van der Waals surface area contributed by atoms with Crippen molar-refractivity contribution in [1.29, 1.82) is 0 Å². The summed E-state index contributed by atoms with van der Waals surface area (Å²) in [5, 5.41) is 4.19. The molecule has 26 heavy (non-hydrogen) atoms. The first-order valence-electron chi connectivity index (χ1n) is 7.94. The molecule has 0 bridgehead atoms. The molecular formula is C20H18N2O3S. The van der Waals surface area contributed by atoms with Crippen LogP contribution in [0.2, 0.25) is 0 Å². The zero-order valence-electron chi connectivity index (χ0n) is 14.2. The van der Waals surface area contributed by atoms with E-state index >= 15 is 0 Å². The van der Waals surface area contributed by atoms with Gasteiger partial charge in [-0.05, 0) is 42.6 Å². The van der Waals surface area contributed by atoms with Crippen molar-refractivity contribution in [3.8, 4) is 0 Å². The average molecular weight is 366 g/mol. The Labute approximate surface area is 152 Å². The number of amides is 1. The van der Waals surface area contributed by atoms with E-state index in [-0.39, 0.29) is 10.8 Å². The minimum atomic E-state index is -3.74. The van der Waals surface area contributed by atoms with Gasteiger partial charge in [-0.15, -0.1) is 0 Å². The number of fused-ring (bicyclic) bond motifs is 1. The van der Waals surface area contributed by atoms with Crippen LogP contribution in [-0.2, 0) is 14.8 Å². The lowest BCUT2D eigenvalue weighted by Gasteiger charge is -2.11. The predicted octanol–water partition coefficient (Wildman–Crippen LogP) is 4.16. The number of carbonyl (C=O) groups is 1. The number of anilines is 2. The highest BCUT2D eigenvalue weighted by molar-refractivity contribution is 7.93. The van der Waals surface area contributed by atoms with E-state index < -0.39 is 10.0 Å². The highest BCUT2D eigenvalue weighted by atomic mass is 32.2. The van der Waals surface area contributed by atoms with Gasteiger partial charge in [-0.3, -0.25) is 9.52 Å². The summed E-state index contributed by atoms with van der Waals surface area (Å²) in [7, 11) is -3.74. The van der Waals surface area contributed by atoms with Crippen molar-refractivity contribution >= 4 is 38.1 Å². The van der Waals surface area contributed by atoms with Gasteiger partial charge in [0.05, 0.1) is 4.90 Å². The van der Waals surface area contributed by atoms with Crippen molar-refractivity contribution in [1.82, 2.24) is 0 Å². The van der Waals surface area contributed by atoms with Crippen molar-refractivity contribution in [3.63, 3.8) is 0 Å². The zero-order chi connectivity index (χ0) is 18.7. The van der Waals surface area contributed by atoms with E-state index in [4.69, 9.17) is 0 Å². The van der Waals surface area contributed by atoms with Gasteiger partial charge in [-0.25, -0.2) is 8.42 Å². The average Bonchev–Trinajstić information content (AvgIpc) is 2.62. The van der Waals surface area contributed by atoms with Gasteiger partial charge in [0.2, 0.25) is 0 Å². The van der Waals surface area contributed by atoms with E-state index in [1.807, 2.05) is 18.2 Å². The molecule has 0 aliphatic heterocycles. The quantitative estimate of drug-likeness (QED) is 0.666. The fourth-order valence-corrected chi connectivity index (χ4v) is 3.79. The summed E-state index contributed by atoms with van der Waals surface area (Å²) in [6.07, 6.45) is 0. The van der Waals surface area contributed by atoms with Crippen molar-refractivity contribution in [2.75, 3.05) is 10.0 Å². The molecule has 0 aliphatic rings. The monoisotopic (exact) mass is 366 g/mol. The van der Waals surface area contributed by atoms with Gasteiger partial charge in [0, 0.05) is 22.3 Å². The molecule has 0 heterocycles. The Morgan fingerprint density at radius 3 is 2.19 bits per heavy atom. The van der Waals surface area contributed by atoms with Crippen molar-refractivity contribution in [2.24, 2.45) is 0 Å². The zero-order valence-corrected chi connectivity index (χ0v) is 15.0. The molecule has 3 rings (SSSR count). The van der Waals surface area contributed by atoms with Crippen molar-refractivity contribution < 1.29 is 13.2 Å². The molecule has 3 aromatic carbocycles. The molecule has 2 N–H and O–H groups in total. The fraction of sp³-hybridized carbons (Fsp3) is 0.0500. The summed E-state index contributed by atoms with van der Waals surface area (Å²) in [5.41, 5.74) is 1.36. The van der Waals surface area contributed by atoms with Crippen LogP contribution in [0.15, 0.2) is 83.8 Å². The second-order valence-corrected chi connectivity index (χ2v) is 7.55. The van der Waals surface area contributed by atoms with E-state index in [0.717, 1.165) is 5.39 Å². The molecule has 6 heteroatoms. The van der Waals surface area contributed by atoms with E-state index in [1.165, 1.54) is 0 Å². The second-order valence-electron chi connectivity index (χ2n) is 5.89. The van der Waals surface area contributed by atoms with Gasteiger partial charge in [0.1, 0.15) is 0 Å². The summed E-state index contributed by atoms with van der Waals surface area (Å²) >= 11 is 0. The van der Waals surface area contributed by atoms with Gasteiger partial charge >= 0.3 is 0 Å².